The molecule has 4 aliphatic heterocycles. The van der Waals surface area contributed by atoms with Gasteiger partial charge in [-0.15, -0.1) is 5.10 Å². The van der Waals surface area contributed by atoms with E-state index in [9.17, 15) is 50.4 Å². The van der Waals surface area contributed by atoms with E-state index in [1.54, 1.807) is 82.8 Å². The summed E-state index contributed by atoms with van der Waals surface area (Å²) in [5, 5.41) is 120. The SMILES string of the molecule is C1CCCCC1.CCCNC(=O)c1nc(NC)c2ncn([C@@H]3O[C@H](c4cc(CC)no4)[C@@H](O)[C@H]3O)c2n1.CCc1nc([C@H]2O[C@@H](n3cnc4c(NC)nc(CNSCC(C)C)nc43)[C@H](O)[C@@H]2O)no1.CCn1cc([C@H]2O[C@@H](n3cnc4c(NC)nc(CNSCC(C)C)nc43)[C@H](O)[C@@H]2O)nn1.CCn1cnc([C@H]2O[C@@H](n3cnc4c(NC)nc(C(N)=O)nc43)[C@H](O)[C@@H]2O)n1. The molecule has 0 aromatic carbocycles. The molecule has 0 spiro atoms. The smallest absolute Gasteiger partial charge is 0.289 e. The summed E-state index contributed by atoms with van der Waals surface area (Å²) in [6, 6.07) is 1.69. The number of ether oxygens (including phenoxy) is 4. The molecule has 0 unspecified atom stereocenters. The highest BCUT2D eigenvalue weighted by Crippen LogP contribution is 2.45. The quantitative estimate of drug-likeness (QED) is 0.0226. The van der Waals surface area contributed by atoms with Gasteiger partial charge in [-0.25, -0.2) is 64.8 Å². The van der Waals surface area contributed by atoms with Crippen molar-refractivity contribution in [1.82, 2.24) is 138 Å². The lowest BCUT2D eigenvalue weighted by Crippen LogP contribution is -2.29. The Morgan fingerprint density at radius 3 is 1.32 bits per heavy atom. The Morgan fingerprint density at radius 2 is 0.907 bits per heavy atom. The van der Waals surface area contributed by atoms with Crippen molar-refractivity contribution in [3.05, 3.63) is 102 Å². The average Bonchev–Trinajstić information content (AvgIpc) is 1.64. The molecule has 16 heterocycles. The molecule has 129 heavy (non-hydrogen) atoms. The molecule has 2 amide bonds. The van der Waals surface area contributed by atoms with Gasteiger partial charge in [-0.1, -0.05) is 126 Å². The van der Waals surface area contributed by atoms with E-state index in [1.165, 1.54) is 79.3 Å². The van der Waals surface area contributed by atoms with Gasteiger partial charge in [0.2, 0.25) is 23.4 Å². The van der Waals surface area contributed by atoms with Crippen molar-refractivity contribution in [3.63, 3.8) is 0 Å². The van der Waals surface area contributed by atoms with Crippen LogP contribution in [0, 0.1) is 11.8 Å². The van der Waals surface area contributed by atoms with Crippen molar-refractivity contribution >= 4 is 104 Å². The number of carbonyl (C=O) groups excluding carboxylic acids is 2. The number of rotatable bonds is 30. The minimum Gasteiger partial charge on any atom is -0.387 e. The first-order valence-corrected chi connectivity index (χ1v) is 44.8. The number of fused-ring (bicyclic) bond motifs is 4. The number of nitrogens with two attached hydrogens (primary N) is 1. The second-order valence-electron chi connectivity index (χ2n) is 31.5. The minimum atomic E-state index is -1.30. The molecule has 1 aliphatic carbocycles. The first kappa shape index (κ1) is 95.7. The van der Waals surface area contributed by atoms with Gasteiger partial charge in [0.1, 0.15) is 84.7 Å². The van der Waals surface area contributed by atoms with Crippen molar-refractivity contribution in [2.75, 3.05) is 67.5 Å². The Balaban J connectivity index is 0.000000143. The molecular formula is C78H113N33O16S2. The van der Waals surface area contributed by atoms with Crippen molar-refractivity contribution in [2.45, 2.75) is 244 Å². The Bertz CT molecular complexity index is 5500. The summed E-state index contributed by atoms with van der Waals surface area (Å²) >= 11 is 3.24. The lowest BCUT2D eigenvalue weighted by molar-refractivity contribution is -0.0434. The Hall–Kier alpha value is -10.9. The predicted octanol–water partition coefficient (Wildman–Crippen LogP) is 3.53. The maximum atomic E-state index is 12.4. The fraction of sp³-hybridized carbons (Fsp3) is 0.603. The van der Waals surface area contributed by atoms with E-state index in [2.05, 4.69) is 159 Å². The van der Waals surface area contributed by atoms with Crippen molar-refractivity contribution in [2.24, 2.45) is 17.6 Å². The number of primary amides is 1. The van der Waals surface area contributed by atoms with Crippen LogP contribution in [0.25, 0.3) is 44.7 Å². The Labute approximate surface area is 747 Å². The second-order valence-corrected chi connectivity index (χ2v) is 33.3. The lowest BCUT2D eigenvalue weighted by Gasteiger charge is -2.17. The second kappa shape index (κ2) is 43.7. The molecule has 0 radical (unpaired) electrons. The van der Waals surface area contributed by atoms with E-state index in [-0.39, 0.29) is 34.6 Å². The Morgan fingerprint density at radius 1 is 0.481 bits per heavy atom. The van der Waals surface area contributed by atoms with E-state index >= 15 is 0 Å². The molecule has 698 valence electrons. The molecule has 17 N–H and O–H groups in total. The summed E-state index contributed by atoms with van der Waals surface area (Å²) in [6.07, 6.45) is 2.67. The molecule has 17 rings (SSSR count). The van der Waals surface area contributed by atoms with Crippen LogP contribution in [0.5, 0.6) is 0 Å². The molecule has 51 heteroatoms. The molecule has 5 aliphatic rings. The molecule has 1 saturated carbocycles. The number of nitrogens with zero attached hydrogens (tertiary/aromatic N) is 25. The minimum absolute atomic E-state index is 0.0422. The largest absolute Gasteiger partial charge is 0.387 e. The van der Waals surface area contributed by atoms with Crippen LogP contribution in [-0.2, 0) is 58.0 Å². The lowest BCUT2D eigenvalue weighted by atomic mass is 10.0. The number of imidazole rings is 4. The number of aliphatic hydroxyl groups excluding tert-OH is 8. The molecule has 12 aromatic rings. The van der Waals surface area contributed by atoms with Gasteiger partial charge >= 0.3 is 0 Å². The molecule has 4 saturated heterocycles. The zero-order valence-corrected chi connectivity index (χ0v) is 75.3. The third-order valence-corrected chi connectivity index (χ3v) is 23.7. The topological polar surface area (TPSA) is 644 Å². The van der Waals surface area contributed by atoms with E-state index < -0.39 is 110 Å². The van der Waals surface area contributed by atoms with Crippen LogP contribution in [0.4, 0.5) is 23.3 Å². The number of amides is 2. The summed E-state index contributed by atoms with van der Waals surface area (Å²) in [5.41, 5.74) is 9.81. The maximum Gasteiger partial charge on any atom is 0.289 e. The van der Waals surface area contributed by atoms with Gasteiger partial charge in [0, 0.05) is 71.8 Å². The van der Waals surface area contributed by atoms with Gasteiger partial charge < -0.3 is 101 Å². The average molecular weight is 1830 g/mol. The molecule has 5 fully saturated rings. The Kier molecular flexibility index (Phi) is 32.4. The highest BCUT2D eigenvalue weighted by molar-refractivity contribution is 7.97. The fourth-order valence-corrected chi connectivity index (χ4v) is 15.8. The zero-order valence-electron chi connectivity index (χ0n) is 73.7. The summed E-state index contributed by atoms with van der Waals surface area (Å²) in [5.74, 6) is 5.73. The first-order valence-electron chi connectivity index (χ1n) is 42.9. The number of hydrogen-bond acceptors (Lipinski definition) is 43. The van der Waals surface area contributed by atoms with E-state index in [0.29, 0.717) is 149 Å². The molecular weight excluding hydrogens is 1720 g/mol. The summed E-state index contributed by atoms with van der Waals surface area (Å²) in [6.45, 7) is 20.9. The van der Waals surface area contributed by atoms with Crippen molar-refractivity contribution in [1.29, 1.82) is 0 Å². The monoisotopic (exact) mass is 1830 g/mol. The summed E-state index contributed by atoms with van der Waals surface area (Å²) in [4.78, 5) is 84.7. The number of nitrogens with one attached hydrogen (secondary N) is 7. The van der Waals surface area contributed by atoms with Crippen LogP contribution in [-0.4, -0.2) is 271 Å². The van der Waals surface area contributed by atoms with Crippen LogP contribution in [0.1, 0.15) is 224 Å². The van der Waals surface area contributed by atoms with E-state index in [1.807, 2.05) is 34.6 Å². The normalized spacial score (nSPS) is 23.7. The van der Waals surface area contributed by atoms with Gasteiger partial charge in [0.05, 0.1) is 50.3 Å². The third kappa shape index (κ3) is 21.4. The highest BCUT2D eigenvalue weighted by Gasteiger charge is 2.51. The number of aryl methyl sites for hydroxylation is 4. The number of anilines is 4. The van der Waals surface area contributed by atoms with Crippen LogP contribution >= 0.6 is 23.9 Å². The molecule has 0 bridgehead atoms. The van der Waals surface area contributed by atoms with Crippen LogP contribution in [0.2, 0.25) is 0 Å². The summed E-state index contributed by atoms with van der Waals surface area (Å²) < 4.78 is 50.0. The van der Waals surface area contributed by atoms with Gasteiger partial charge in [0.15, 0.2) is 117 Å². The number of carbonyl (C=O) groups is 2. The number of hydrogen-bond donors (Lipinski definition) is 16. The van der Waals surface area contributed by atoms with Gasteiger partial charge in [-0.3, -0.25) is 46.7 Å². The van der Waals surface area contributed by atoms with Gasteiger partial charge in [-0.05, 0) is 38.5 Å². The standard InChI is InChI=1S/C19H29N9O3S.C19H28N8O4S.C19H25N7O5.C15H19N9O4.C6H12/c1-5-27-7-11(25-26-27)16-14(29)15(30)19(31-16)28-9-21-13-17(20-4)23-12(24-18(13)28)6-22-32-8-10(2)3;1-5-11-25-17(26-31-11)15-13(28)14(29)19(30-15)27-8-21-12-16(20-4)23-10(24-18(12)27)6-22-32-7-9(2)3;1-4-6-21-18(29)16-23-15(20-3)11-17(24-16)26(8-22-11)19-13(28)12(27)14(30-19)10-7-9(5-2)25-31-10;1-3-23-4-19-12(22-23)9-7(25)8(26)15(28-9)24-5-18-6-11(17-2)20-13(10(16)27)21-14(6)24;1-2-4-6-5-3-1/h7,9-10,14-16,19,22,29-30H,5-6,8H2,1-4H3,(H,20,23,24);8-9,13-15,19,22,28-29H,5-7H2,1-4H3,(H,20,23,24);7-8,12-14,19,27-28H,4-6H2,1-3H3,(H,21,29)(H,20,23,24);4-5,7-9,15,25-26H,3H2,1-2H3,(H2,16,27)(H,17,20,21);1-6H2/t14-,15+,16+,19+;13-,14+,15-,19+;12-,13+,14+,19+;7-,8+,9-,15+;/m0000./s1. The maximum absolute atomic E-state index is 12.4. The fourth-order valence-electron chi connectivity index (χ4n) is 14.4. The number of aromatic nitrogens is 25. The van der Waals surface area contributed by atoms with Crippen LogP contribution in [0.3, 0.4) is 0 Å². The van der Waals surface area contributed by atoms with E-state index in [0.717, 1.165) is 17.9 Å². The van der Waals surface area contributed by atoms with Gasteiger partial charge in [0.25, 0.3) is 11.8 Å². The first-order chi connectivity index (χ1) is 62.3. The molecule has 12 aromatic heterocycles. The summed E-state index contributed by atoms with van der Waals surface area (Å²) in [7, 11) is 6.80. The van der Waals surface area contributed by atoms with Gasteiger partial charge in [-0.2, -0.15) is 10.1 Å². The predicted molar refractivity (Wildman–Crippen MR) is 467 cm³/mol. The van der Waals surface area contributed by atoms with E-state index in [4.69, 9.17) is 33.7 Å². The highest BCUT2D eigenvalue weighted by atomic mass is 32.2. The van der Waals surface area contributed by atoms with Crippen molar-refractivity contribution < 1.29 is 78.4 Å². The van der Waals surface area contributed by atoms with Crippen LogP contribution < -0.4 is 41.8 Å². The number of aliphatic hydroxyl groups is 8. The zero-order chi connectivity index (χ0) is 92.0. The van der Waals surface area contributed by atoms with Crippen LogP contribution in [0.15, 0.2) is 52.9 Å². The third-order valence-electron chi connectivity index (χ3n) is 21.3. The molecule has 49 nitrogen and oxygen atoms in total. The molecule has 16 atom stereocenters. The van der Waals surface area contributed by atoms with Crippen molar-refractivity contribution in [3.8, 4) is 0 Å².